The smallest absolute Gasteiger partial charge is 0.410 e. The van der Waals surface area contributed by atoms with Gasteiger partial charge in [-0.15, -0.1) is 0 Å². The van der Waals surface area contributed by atoms with Crippen molar-refractivity contribution in [1.29, 1.82) is 0 Å². The quantitative estimate of drug-likeness (QED) is 0.744. The number of hydrogen-bond donors (Lipinski definition) is 0. The lowest BCUT2D eigenvalue weighted by molar-refractivity contribution is -0.141. The minimum Gasteiger partial charge on any atom is -0.444 e. The van der Waals surface area contributed by atoms with E-state index >= 15 is 0 Å². The highest BCUT2D eigenvalue weighted by Gasteiger charge is 2.35. The van der Waals surface area contributed by atoms with Crippen LogP contribution in [0.4, 0.5) is 4.79 Å². The number of carbonyl (C=O) groups is 2. The number of rotatable bonds is 1. The van der Waals surface area contributed by atoms with Gasteiger partial charge in [0.05, 0.1) is 0 Å². The van der Waals surface area contributed by atoms with Crippen LogP contribution in [0, 0.1) is 11.8 Å². The van der Waals surface area contributed by atoms with E-state index in [0.717, 1.165) is 32.2 Å². The third-order valence-corrected chi connectivity index (χ3v) is 4.92. The van der Waals surface area contributed by atoms with Crippen LogP contribution in [0.3, 0.4) is 0 Å². The SMILES string of the molecule is CC1CCN(C(=O)C2CCN(C(=O)OC(C)(C)C)CC2)C(C)C1. The minimum atomic E-state index is -0.469. The first kappa shape index (κ1) is 18.1. The van der Waals surface area contributed by atoms with E-state index in [0.29, 0.717) is 25.0 Å². The van der Waals surface area contributed by atoms with Gasteiger partial charge in [0, 0.05) is 31.6 Å². The lowest BCUT2D eigenvalue weighted by atomic mass is 9.89. The zero-order chi connectivity index (χ0) is 17.2. The van der Waals surface area contributed by atoms with Gasteiger partial charge in [-0.1, -0.05) is 6.92 Å². The fourth-order valence-corrected chi connectivity index (χ4v) is 3.60. The van der Waals surface area contributed by atoms with Crippen molar-refractivity contribution in [3.63, 3.8) is 0 Å². The molecule has 0 aliphatic carbocycles. The molecule has 0 spiro atoms. The van der Waals surface area contributed by atoms with Crippen molar-refractivity contribution in [3.8, 4) is 0 Å². The Morgan fingerprint density at radius 1 is 1.00 bits per heavy atom. The summed E-state index contributed by atoms with van der Waals surface area (Å²) in [7, 11) is 0. The van der Waals surface area contributed by atoms with Crippen LogP contribution in [-0.2, 0) is 9.53 Å². The molecular weight excluding hydrogens is 292 g/mol. The van der Waals surface area contributed by atoms with Crippen molar-refractivity contribution in [2.75, 3.05) is 19.6 Å². The van der Waals surface area contributed by atoms with Crippen LogP contribution < -0.4 is 0 Å². The zero-order valence-electron chi connectivity index (χ0n) is 15.3. The summed E-state index contributed by atoms with van der Waals surface area (Å²) in [6, 6.07) is 0.343. The van der Waals surface area contributed by atoms with E-state index in [2.05, 4.69) is 18.7 Å². The van der Waals surface area contributed by atoms with Gasteiger partial charge in [-0.05, 0) is 59.3 Å². The molecule has 2 fully saturated rings. The summed E-state index contributed by atoms with van der Waals surface area (Å²) in [6.45, 7) is 12.2. The fraction of sp³-hybridized carbons (Fsp3) is 0.889. The van der Waals surface area contributed by atoms with Crippen LogP contribution in [-0.4, -0.2) is 53.1 Å². The first-order valence-electron chi connectivity index (χ1n) is 8.96. The molecule has 0 bridgehead atoms. The van der Waals surface area contributed by atoms with E-state index in [-0.39, 0.29) is 17.9 Å². The molecule has 23 heavy (non-hydrogen) atoms. The van der Waals surface area contributed by atoms with E-state index in [1.165, 1.54) is 0 Å². The van der Waals surface area contributed by atoms with Gasteiger partial charge in [0.2, 0.25) is 5.91 Å². The summed E-state index contributed by atoms with van der Waals surface area (Å²) in [6.07, 6.45) is 3.44. The molecule has 2 saturated heterocycles. The average molecular weight is 324 g/mol. The Balaban J connectivity index is 1.84. The van der Waals surface area contributed by atoms with Crippen LogP contribution in [0.2, 0.25) is 0 Å². The Morgan fingerprint density at radius 2 is 1.61 bits per heavy atom. The summed E-state index contributed by atoms with van der Waals surface area (Å²) < 4.78 is 5.41. The third kappa shape index (κ3) is 4.85. The van der Waals surface area contributed by atoms with Crippen molar-refractivity contribution in [2.24, 2.45) is 11.8 Å². The molecule has 132 valence electrons. The molecule has 5 nitrogen and oxygen atoms in total. The first-order chi connectivity index (χ1) is 10.7. The van der Waals surface area contributed by atoms with Crippen LogP contribution in [0.15, 0.2) is 0 Å². The Kier molecular flexibility index (Phi) is 5.58. The standard InChI is InChI=1S/C18H32N2O3/c1-13-6-11-20(14(2)12-13)16(21)15-7-9-19(10-8-15)17(22)23-18(3,4)5/h13-15H,6-12H2,1-5H3. The maximum atomic E-state index is 12.8. The number of nitrogens with zero attached hydrogens (tertiary/aromatic N) is 2. The van der Waals surface area contributed by atoms with Crippen molar-refractivity contribution in [1.82, 2.24) is 9.80 Å². The van der Waals surface area contributed by atoms with Gasteiger partial charge in [0.15, 0.2) is 0 Å². The third-order valence-electron chi connectivity index (χ3n) is 4.92. The molecule has 2 rings (SSSR count). The van der Waals surface area contributed by atoms with Gasteiger partial charge in [-0.3, -0.25) is 4.79 Å². The number of likely N-dealkylation sites (tertiary alicyclic amines) is 2. The van der Waals surface area contributed by atoms with E-state index in [9.17, 15) is 9.59 Å². The Labute approximate surface area is 140 Å². The highest BCUT2D eigenvalue weighted by atomic mass is 16.6. The molecule has 2 aliphatic rings. The summed E-state index contributed by atoms with van der Waals surface area (Å²) >= 11 is 0. The Morgan fingerprint density at radius 3 is 2.13 bits per heavy atom. The molecule has 5 heteroatoms. The molecule has 0 N–H and O–H groups in total. The maximum absolute atomic E-state index is 12.8. The summed E-state index contributed by atoms with van der Waals surface area (Å²) in [5, 5.41) is 0. The molecule has 0 aromatic heterocycles. The van der Waals surface area contributed by atoms with Crippen LogP contribution in [0.5, 0.6) is 0 Å². The minimum absolute atomic E-state index is 0.0598. The molecule has 2 heterocycles. The average Bonchev–Trinajstić information content (AvgIpc) is 2.45. The normalized spacial score (nSPS) is 27.0. The largest absolute Gasteiger partial charge is 0.444 e. The van der Waals surface area contributed by atoms with Crippen LogP contribution in [0.1, 0.15) is 60.3 Å². The molecule has 2 atom stereocenters. The molecule has 0 aromatic carbocycles. The predicted molar refractivity (Wildman–Crippen MR) is 90.1 cm³/mol. The lowest BCUT2D eigenvalue weighted by Crippen LogP contribution is -2.50. The van der Waals surface area contributed by atoms with Crippen molar-refractivity contribution >= 4 is 12.0 Å². The number of piperidine rings is 2. The van der Waals surface area contributed by atoms with Crippen LogP contribution in [0.25, 0.3) is 0 Å². The monoisotopic (exact) mass is 324 g/mol. The maximum Gasteiger partial charge on any atom is 0.410 e. The Hall–Kier alpha value is -1.26. The van der Waals surface area contributed by atoms with Gasteiger partial charge in [-0.25, -0.2) is 4.79 Å². The number of ether oxygens (including phenoxy) is 1. The zero-order valence-corrected chi connectivity index (χ0v) is 15.3. The Bertz CT molecular complexity index is 436. The molecule has 2 unspecified atom stereocenters. The van der Waals surface area contributed by atoms with E-state index in [1.807, 2.05) is 20.8 Å². The van der Waals surface area contributed by atoms with E-state index < -0.39 is 5.60 Å². The second-order valence-electron chi connectivity index (χ2n) is 8.25. The van der Waals surface area contributed by atoms with E-state index in [1.54, 1.807) is 4.90 Å². The van der Waals surface area contributed by atoms with Crippen molar-refractivity contribution in [3.05, 3.63) is 0 Å². The molecular formula is C18H32N2O3. The number of amides is 2. The summed E-state index contributed by atoms with van der Waals surface area (Å²) in [4.78, 5) is 28.7. The highest BCUT2D eigenvalue weighted by Crippen LogP contribution is 2.27. The molecule has 2 aliphatic heterocycles. The lowest BCUT2D eigenvalue weighted by Gasteiger charge is -2.40. The van der Waals surface area contributed by atoms with Crippen molar-refractivity contribution < 1.29 is 14.3 Å². The van der Waals surface area contributed by atoms with E-state index in [4.69, 9.17) is 4.74 Å². The van der Waals surface area contributed by atoms with Gasteiger partial charge >= 0.3 is 6.09 Å². The number of hydrogen-bond acceptors (Lipinski definition) is 3. The van der Waals surface area contributed by atoms with Gasteiger partial charge in [0.25, 0.3) is 0 Å². The topological polar surface area (TPSA) is 49.9 Å². The second kappa shape index (κ2) is 7.10. The van der Waals surface area contributed by atoms with Gasteiger partial charge in [-0.2, -0.15) is 0 Å². The van der Waals surface area contributed by atoms with Crippen molar-refractivity contribution in [2.45, 2.75) is 71.9 Å². The van der Waals surface area contributed by atoms with Crippen LogP contribution >= 0.6 is 0 Å². The predicted octanol–water partition coefficient (Wildman–Crippen LogP) is 3.28. The molecule has 0 radical (unpaired) electrons. The fourth-order valence-electron chi connectivity index (χ4n) is 3.60. The first-order valence-corrected chi connectivity index (χ1v) is 8.96. The summed E-state index contributed by atoms with van der Waals surface area (Å²) in [5.41, 5.74) is -0.469. The second-order valence-corrected chi connectivity index (χ2v) is 8.25. The van der Waals surface area contributed by atoms with Gasteiger partial charge < -0.3 is 14.5 Å². The molecule has 0 saturated carbocycles. The summed E-state index contributed by atoms with van der Waals surface area (Å²) in [5.74, 6) is 1.06. The molecule has 0 aromatic rings. The number of carbonyl (C=O) groups excluding carboxylic acids is 2. The molecule has 2 amide bonds. The van der Waals surface area contributed by atoms with Gasteiger partial charge in [0.1, 0.15) is 5.60 Å². The highest BCUT2D eigenvalue weighted by molar-refractivity contribution is 5.79.